The van der Waals surface area contributed by atoms with Gasteiger partial charge < -0.3 is 9.47 Å². The number of aryl methyl sites for hydroxylation is 2. The minimum Gasteiger partial charge on any atom is -0.356 e. The molecule has 0 aliphatic carbocycles. The Morgan fingerprint density at radius 2 is 1.73 bits per heavy atom. The van der Waals surface area contributed by atoms with Crippen LogP contribution in [0, 0.1) is 25.7 Å². The van der Waals surface area contributed by atoms with E-state index in [-0.39, 0.29) is 5.56 Å². The summed E-state index contributed by atoms with van der Waals surface area (Å²) in [4.78, 5) is 29.6. The van der Waals surface area contributed by atoms with Gasteiger partial charge in [-0.2, -0.15) is 5.10 Å². The van der Waals surface area contributed by atoms with Crippen molar-refractivity contribution >= 4 is 5.82 Å². The van der Waals surface area contributed by atoms with Gasteiger partial charge in [0.1, 0.15) is 12.1 Å². The van der Waals surface area contributed by atoms with E-state index in [0.29, 0.717) is 11.8 Å². The molecule has 9 nitrogen and oxygen atoms in total. The molecule has 0 aromatic carbocycles. The van der Waals surface area contributed by atoms with E-state index in [0.717, 1.165) is 61.4 Å². The van der Waals surface area contributed by atoms with Crippen LogP contribution in [0.4, 0.5) is 5.82 Å². The van der Waals surface area contributed by atoms with E-state index in [1.165, 1.54) is 6.20 Å². The van der Waals surface area contributed by atoms with E-state index in [2.05, 4.69) is 35.9 Å². The lowest BCUT2D eigenvalue weighted by atomic mass is 10.0. The van der Waals surface area contributed by atoms with E-state index in [4.69, 9.17) is 0 Å². The Labute approximate surface area is 175 Å². The normalized spacial score (nSPS) is 21.4. The molecule has 3 aromatic heterocycles. The van der Waals surface area contributed by atoms with Gasteiger partial charge in [-0.1, -0.05) is 0 Å². The van der Waals surface area contributed by atoms with Gasteiger partial charge in [0.25, 0.3) is 5.56 Å². The second kappa shape index (κ2) is 7.32. The summed E-state index contributed by atoms with van der Waals surface area (Å²) in [6.45, 7) is 8.82. The number of nitrogens with zero attached hydrogens (tertiary/aromatic N) is 8. The third-order valence-electron chi connectivity index (χ3n) is 6.31. The van der Waals surface area contributed by atoms with Crippen molar-refractivity contribution in [2.24, 2.45) is 18.9 Å². The molecule has 9 heteroatoms. The molecular weight excluding hydrogens is 380 g/mol. The standard InChI is InChI=1S/C21H26N8O/c1-14-4-15(2)29(25-14)20-5-19(23-13-24-20)28-10-16-8-27(9-17(16)11-28)12-18-6-22-7-21(30)26(18)3/h4-7,13,16-17H,8-12H2,1-3H3. The lowest BCUT2D eigenvalue weighted by Crippen LogP contribution is -2.31. The van der Waals surface area contributed by atoms with Gasteiger partial charge in [-0.25, -0.2) is 14.6 Å². The van der Waals surface area contributed by atoms with E-state index in [1.807, 2.05) is 31.6 Å². The summed E-state index contributed by atoms with van der Waals surface area (Å²) in [5.74, 6) is 2.97. The number of aromatic nitrogens is 6. The minimum absolute atomic E-state index is 0.0553. The second-order valence-electron chi connectivity index (χ2n) is 8.49. The number of hydrogen-bond donors (Lipinski definition) is 0. The van der Waals surface area contributed by atoms with Crippen molar-refractivity contribution in [2.45, 2.75) is 20.4 Å². The maximum Gasteiger partial charge on any atom is 0.268 e. The summed E-state index contributed by atoms with van der Waals surface area (Å²) < 4.78 is 3.56. The fourth-order valence-corrected chi connectivity index (χ4v) is 4.77. The van der Waals surface area contributed by atoms with Crippen molar-refractivity contribution in [1.29, 1.82) is 0 Å². The first-order chi connectivity index (χ1) is 14.5. The van der Waals surface area contributed by atoms with Crippen LogP contribution in [0.5, 0.6) is 0 Å². The number of hydrogen-bond acceptors (Lipinski definition) is 7. The molecule has 0 radical (unpaired) electrons. The SMILES string of the molecule is Cc1cc(C)n(-c2cc(N3CC4CN(Cc5cncc(=O)n5C)CC4C3)ncn2)n1. The molecule has 0 N–H and O–H groups in total. The van der Waals surface area contributed by atoms with Gasteiger partial charge in [-0.3, -0.25) is 14.7 Å². The molecule has 2 saturated heterocycles. The molecule has 2 fully saturated rings. The van der Waals surface area contributed by atoms with Gasteiger partial charge in [0.2, 0.25) is 0 Å². The van der Waals surface area contributed by atoms with Gasteiger partial charge in [0.15, 0.2) is 5.82 Å². The van der Waals surface area contributed by atoms with Crippen LogP contribution in [0.1, 0.15) is 17.1 Å². The molecule has 2 aliphatic heterocycles. The highest BCUT2D eigenvalue weighted by Gasteiger charge is 2.40. The largest absolute Gasteiger partial charge is 0.356 e. The van der Waals surface area contributed by atoms with E-state index in [9.17, 15) is 4.79 Å². The Hall–Kier alpha value is -3.07. The average Bonchev–Trinajstić information content (AvgIpc) is 3.38. The Morgan fingerprint density at radius 3 is 2.43 bits per heavy atom. The quantitative estimate of drug-likeness (QED) is 0.637. The van der Waals surface area contributed by atoms with E-state index >= 15 is 0 Å². The number of likely N-dealkylation sites (tertiary alicyclic amines) is 1. The lowest BCUT2D eigenvalue weighted by Gasteiger charge is -2.23. The molecule has 156 valence electrons. The van der Waals surface area contributed by atoms with Crippen LogP contribution in [-0.4, -0.2) is 60.4 Å². The summed E-state index contributed by atoms with van der Waals surface area (Å²) >= 11 is 0. The Kier molecular flexibility index (Phi) is 4.62. The molecule has 5 heterocycles. The van der Waals surface area contributed by atoms with Gasteiger partial charge in [0, 0.05) is 57.7 Å². The predicted molar refractivity (Wildman–Crippen MR) is 113 cm³/mol. The van der Waals surface area contributed by atoms with Crippen molar-refractivity contribution < 1.29 is 0 Å². The van der Waals surface area contributed by atoms with Crippen molar-refractivity contribution in [3.05, 3.63) is 58.3 Å². The highest BCUT2D eigenvalue weighted by molar-refractivity contribution is 5.45. The fraction of sp³-hybridized carbons (Fsp3) is 0.476. The fourth-order valence-electron chi connectivity index (χ4n) is 4.77. The van der Waals surface area contributed by atoms with Gasteiger partial charge in [0.05, 0.1) is 17.6 Å². The molecule has 5 rings (SSSR count). The van der Waals surface area contributed by atoms with Crippen molar-refractivity contribution in [3.8, 4) is 5.82 Å². The van der Waals surface area contributed by atoms with Crippen molar-refractivity contribution in [1.82, 2.24) is 34.2 Å². The lowest BCUT2D eigenvalue weighted by molar-refractivity contribution is 0.300. The van der Waals surface area contributed by atoms with Crippen LogP contribution >= 0.6 is 0 Å². The summed E-state index contributed by atoms with van der Waals surface area (Å²) in [6, 6.07) is 4.08. The minimum atomic E-state index is -0.0553. The Balaban J connectivity index is 1.27. The number of fused-ring (bicyclic) bond motifs is 1. The zero-order valence-corrected chi connectivity index (χ0v) is 17.6. The molecule has 2 aliphatic rings. The predicted octanol–water partition coefficient (Wildman–Crippen LogP) is 0.941. The molecule has 0 saturated carbocycles. The Morgan fingerprint density at radius 1 is 1.00 bits per heavy atom. The van der Waals surface area contributed by atoms with Gasteiger partial charge >= 0.3 is 0 Å². The maximum absolute atomic E-state index is 11.8. The van der Waals surface area contributed by atoms with Crippen LogP contribution in [-0.2, 0) is 13.6 Å². The maximum atomic E-state index is 11.8. The zero-order chi connectivity index (χ0) is 20.8. The topological polar surface area (TPSA) is 85.0 Å². The third-order valence-corrected chi connectivity index (χ3v) is 6.31. The van der Waals surface area contributed by atoms with Gasteiger partial charge in [-0.15, -0.1) is 0 Å². The highest BCUT2D eigenvalue weighted by atomic mass is 16.1. The number of rotatable bonds is 4. The molecule has 2 unspecified atom stereocenters. The summed E-state index contributed by atoms with van der Waals surface area (Å²) in [7, 11) is 1.81. The first kappa shape index (κ1) is 18.9. The molecule has 0 spiro atoms. The molecule has 3 aromatic rings. The second-order valence-corrected chi connectivity index (χ2v) is 8.49. The van der Waals surface area contributed by atoms with Crippen molar-refractivity contribution in [2.75, 3.05) is 31.1 Å². The monoisotopic (exact) mass is 406 g/mol. The summed E-state index contributed by atoms with van der Waals surface area (Å²) in [6.07, 6.45) is 4.79. The zero-order valence-electron chi connectivity index (χ0n) is 17.6. The molecular formula is C21H26N8O. The molecule has 2 atom stereocenters. The van der Waals surface area contributed by atoms with Gasteiger partial charge in [-0.05, 0) is 31.7 Å². The Bertz CT molecular complexity index is 1120. The van der Waals surface area contributed by atoms with Crippen LogP contribution in [0.2, 0.25) is 0 Å². The first-order valence-corrected chi connectivity index (χ1v) is 10.3. The third kappa shape index (κ3) is 3.39. The van der Waals surface area contributed by atoms with Crippen LogP contribution in [0.3, 0.4) is 0 Å². The number of anilines is 1. The molecule has 0 amide bonds. The summed E-state index contributed by atoms with van der Waals surface area (Å²) in [5.41, 5.74) is 2.95. The molecule has 30 heavy (non-hydrogen) atoms. The van der Waals surface area contributed by atoms with Crippen LogP contribution < -0.4 is 10.5 Å². The summed E-state index contributed by atoms with van der Waals surface area (Å²) in [5, 5.41) is 4.54. The van der Waals surface area contributed by atoms with Crippen molar-refractivity contribution in [3.63, 3.8) is 0 Å². The van der Waals surface area contributed by atoms with E-state index in [1.54, 1.807) is 17.1 Å². The van der Waals surface area contributed by atoms with Crippen LogP contribution in [0.25, 0.3) is 5.82 Å². The first-order valence-electron chi connectivity index (χ1n) is 10.3. The highest BCUT2D eigenvalue weighted by Crippen LogP contribution is 2.34. The average molecular weight is 406 g/mol. The smallest absolute Gasteiger partial charge is 0.268 e. The molecule has 0 bridgehead atoms. The van der Waals surface area contributed by atoms with Crippen LogP contribution in [0.15, 0.2) is 35.6 Å². The van der Waals surface area contributed by atoms with E-state index < -0.39 is 0 Å².